The van der Waals surface area contributed by atoms with Gasteiger partial charge in [-0.25, -0.2) is 0 Å². The molecule has 0 aliphatic heterocycles. The molecular weight excluding hydrogens is 445 g/mol. The van der Waals surface area contributed by atoms with Crippen molar-refractivity contribution in [2.45, 2.75) is 54.5 Å². The number of aryl methyl sites for hydroxylation is 4. The third-order valence-electron chi connectivity index (χ3n) is 4.50. The maximum absolute atomic E-state index is 4.80. The Kier molecular flexibility index (Phi) is 11.4. The van der Waals surface area contributed by atoms with Gasteiger partial charge in [0.05, 0.1) is 28.8 Å². The average molecular weight is 474 g/mol. The fourth-order valence-corrected chi connectivity index (χ4v) is 2.85. The van der Waals surface area contributed by atoms with Gasteiger partial charge in [0, 0.05) is 6.21 Å². The molecule has 1 atom stereocenters. The van der Waals surface area contributed by atoms with Gasteiger partial charge in [-0.3, -0.25) is 15.0 Å². The number of rotatable bonds is 5. The van der Waals surface area contributed by atoms with E-state index in [1.807, 2.05) is 27.0 Å². The summed E-state index contributed by atoms with van der Waals surface area (Å²) < 4.78 is 0. The van der Waals surface area contributed by atoms with E-state index in [0.29, 0.717) is 0 Å². The zero-order valence-corrected chi connectivity index (χ0v) is 20.7. The van der Waals surface area contributed by atoms with Gasteiger partial charge in [0.1, 0.15) is 0 Å². The predicted octanol–water partition coefficient (Wildman–Crippen LogP) is 7.64. The Morgan fingerprint density at radius 3 is 1.69 bits per heavy atom. The Hall–Kier alpha value is -1.45. The first-order valence-electron chi connectivity index (χ1n) is 9.33. The molecule has 0 fully saturated rings. The van der Waals surface area contributed by atoms with Crippen LogP contribution in [-0.2, 0) is 13.1 Å². The molecule has 0 heterocycles. The Morgan fingerprint density at radius 1 is 0.828 bits per heavy atom. The van der Waals surface area contributed by atoms with E-state index in [9.17, 15) is 0 Å². The molecule has 3 nitrogen and oxygen atoms in total. The molecule has 2 aromatic rings. The minimum absolute atomic E-state index is 0.00266. The molecular formula is C23H29Cl2FeN3. The fraction of sp³-hybridized carbons (Fsp3) is 0.348. The predicted molar refractivity (Wildman–Crippen MR) is 127 cm³/mol. The Morgan fingerprint density at radius 2 is 1.24 bits per heavy atom. The van der Waals surface area contributed by atoms with Crippen molar-refractivity contribution in [2.24, 2.45) is 15.0 Å². The van der Waals surface area contributed by atoms with Crippen LogP contribution >= 0.6 is 20.2 Å². The number of para-hydroxylation sites is 2. The van der Waals surface area contributed by atoms with Crippen LogP contribution in [0, 0.1) is 27.7 Å². The van der Waals surface area contributed by atoms with Gasteiger partial charge in [-0.2, -0.15) is 0 Å². The molecule has 2 aromatic carbocycles. The third-order valence-corrected chi connectivity index (χ3v) is 4.50. The number of nitrogens with zero attached hydrogens (tertiary/aromatic N) is 3. The number of benzene rings is 2. The van der Waals surface area contributed by atoms with Gasteiger partial charge in [-0.1, -0.05) is 36.4 Å². The summed E-state index contributed by atoms with van der Waals surface area (Å²) in [7, 11) is 9.53. The molecule has 0 saturated carbocycles. The van der Waals surface area contributed by atoms with E-state index in [2.05, 4.69) is 69.1 Å². The molecule has 0 radical (unpaired) electrons. The van der Waals surface area contributed by atoms with Crippen LogP contribution in [0.5, 0.6) is 0 Å². The summed E-state index contributed by atoms with van der Waals surface area (Å²) >= 11 is 0.194. The molecule has 0 saturated heterocycles. The molecule has 0 aliphatic rings. The Labute approximate surface area is 190 Å². The van der Waals surface area contributed by atoms with E-state index >= 15 is 0 Å². The first-order chi connectivity index (χ1) is 13.7. The van der Waals surface area contributed by atoms with E-state index in [0.717, 1.165) is 22.8 Å². The summed E-state index contributed by atoms with van der Waals surface area (Å²) in [4.78, 5) is 14.2. The second-order valence-electron chi connectivity index (χ2n) is 6.96. The van der Waals surface area contributed by atoms with Gasteiger partial charge < -0.3 is 0 Å². The van der Waals surface area contributed by atoms with E-state index in [1.165, 1.54) is 22.3 Å². The van der Waals surface area contributed by atoms with Gasteiger partial charge in [0.25, 0.3) is 0 Å². The zero-order valence-electron chi connectivity index (χ0n) is 18.1. The summed E-state index contributed by atoms with van der Waals surface area (Å²) in [6.45, 7) is 14.4. The standard InChI is InChI=1S/C23H29N3.2ClH.Fe/c1-15-10-8-11-16(2)22(15)24-14-19(5)25-20(6)21(7)26-23-17(3)12-9-13-18(23)4;;;/h8-14,19H,1-7H3;2*1H;/q;;;+2/p-2. The minimum atomic E-state index is -0.00266. The van der Waals surface area contributed by atoms with Crippen molar-refractivity contribution in [3.63, 3.8) is 0 Å². The van der Waals surface area contributed by atoms with Crippen LogP contribution in [0.4, 0.5) is 11.4 Å². The number of halogens is 2. The summed E-state index contributed by atoms with van der Waals surface area (Å²) in [5, 5.41) is 0. The molecule has 29 heavy (non-hydrogen) atoms. The first-order valence-corrected chi connectivity index (χ1v) is 12.4. The monoisotopic (exact) mass is 473 g/mol. The molecule has 1 unspecified atom stereocenters. The molecule has 158 valence electrons. The summed E-state index contributed by atoms with van der Waals surface area (Å²) in [6, 6.07) is 12.5. The first kappa shape index (κ1) is 25.6. The molecule has 0 aromatic heterocycles. The van der Waals surface area contributed by atoms with Crippen LogP contribution in [0.25, 0.3) is 0 Å². The van der Waals surface area contributed by atoms with E-state index < -0.39 is 0 Å². The Balaban J connectivity index is 0.00000132. The number of hydrogen-bond acceptors (Lipinski definition) is 3. The topological polar surface area (TPSA) is 37.1 Å². The second-order valence-corrected chi connectivity index (χ2v) is 8.79. The van der Waals surface area contributed by atoms with Crippen molar-refractivity contribution in [2.75, 3.05) is 0 Å². The molecule has 0 N–H and O–H groups in total. The summed E-state index contributed by atoms with van der Waals surface area (Å²) in [6.07, 6.45) is 1.91. The van der Waals surface area contributed by atoms with Crippen LogP contribution in [0.1, 0.15) is 43.0 Å². The second kappa shape index (κ2) is 13.0. The van der Waals surface area contributed by atoms with Gasteiger partial charge >= 0.3 is 33.3 Å². The Bertz CT molecular complexity index is 864. The van der Waals surface area contributed by atoms with Gasteiger partial charge in [0.2, 0.25) is 0 Å². The van der Waals surface area contributed by atoms with E-state index in [4.69, 9.17) is 30.2 Å². The fourth-order valence-electron chi connectivity index (χ4n) is 2.85. The van der Waals surface area contributed by atoms with Crippen molar-refractivity contribution in [1.29, 1.82) is 0 Å². The van der Waals surface area contributed by atoms with Crippen LogP contribution in [-0.4, -0.2) is 23.7 Å². The normalized spacial score (nSPS) is 13.4. The van der Waals surface area contributed by atoms with Gasteiger partial charge in [0.15, 0.2) is 0 Å². The third kappa shape index (κ3) is 8.44. The molecule has 0 spiro atoms. The average Bonchev–Trinajstić information content (AvgIpc) is 2.65. The van der Waals surface area contributed by atoms with Crippen molar-refractivity contribution in [3.8, 4) is 0 Å². The van der Waals surface area contributed by atoms with Gasteiger partial charge in [-0.15, -0.1) is 0 Å². The van der Waals surface area contributed by atoms with E-state index in [-0.39, 0.29) is 19.2 Å². The van der Waals surface area contributed by atoms with Crippen molar-refractivity contribution in [3.05, 3.63) is 58.7 Å². The molecule has 0 amide bonds. The summed E-state index contributed by atoms with van der Waals surface area (Å²) in [5.41, 5.74) is 8.68. The number of aliphatic imine (C=N–C) groups is 3. The van der Waals surface area contributed by atoms with Crippen LogP contribution in [0.15, 0.2) is 51.4 Å². The van der Waals surface area contributed by atoms with Crippen LogP contribution in [0.3, 0.4) is 0 Å². The van der Waals surface area contributed by atoms with Crippen molar-refractivity contribution >= 4 is 49.2 Å². The zero-order chi connectivity index (χ0) is 22.0. The van der Waals surface area contributed by atoms with E-state index in [1.54, 1.807) is 0 Å². The maximum atomic E-state index is 4.80. The molecule has 2 rings (SSSR count). The van der Waals surface area contributed by atoms with Crippen LogP contribution < -0.4 is 0 Å². The molecule has 6 heteroatoms. The quantitative estimate of drug-likeness (QED) is 0.316. The molecule has 0 aliphatic carbocycles. The van der Waals surface area contributed by atoms with Gasteiger partial charge in [-0.05, 0) is 70.7 Å². The summed E-state index contributed by atoms with van der Waals surface area (Å²) in [5.74, 6) is 0. The SMILES string of the molecule is CC(=Nc1c(C)cccc1C)C(C)=NC(C)C=Nc1c(C)cccc1C.[Cl][Fe][Cl]. The number of hydrogen-bond donors (Lipinski definition) is 0. The molecule has 0 bridgehead atoms. The van der Waals surface area contributed by atoms with Crippen LogP contribution in [0.2, 0.25) is 0 Å². The van der Waals surface area contributed by atoms with Crippen molar-refractivity contribution < 1.29 is 13.1 Å². The van der Waals surface area contributed by atoms with Crippen molar-refractivity contribution in [1.82, 2.24) is 0 Å².